The van der Waals surface area contributed by atoms with Crippen LogP contribution in [0.3, 0.4) is 0 Å². The van der Waals surface area contributed by atoms with Gasteiger partial charge in [0.2, 0.25) is 5.89 Å². The summed E-state index contributed by atoms with van der Waals surface area (Å²) in [5, 5.41) is 5.52. The van der Waals surface area contributed by atoms with E-state index in [4.69, 9.17) is 19.4 Å². The van der Waals surface area contributed by atoms with E-state index in [9.17, 15) is 0 Å². The Kier molecular flexibility index (Phi) is 5.60. The van der Waals surface area contributed by atoms with E-state index in [-0.39, 0.29) is 0 Å². The Bertz CT molecular complexity index is 3090. The third-order valence-corrected chi connectivity index (χ3v) is 9.94. The molecule has 0 unspecified atom stereocenters. The number of nitrogens with zero attached hydrogens (tertiary/aromatic N) is 4. The van der Waals surface area contributed by atoms with Gasteiger partial charge in [0.05, 0.1) is 33.1 Å². The first-order valence-corrected chi connectivity index (χ1v) is 16.8. The molecule has 0 N–H and O–H groups in total. The third kappa shape index (κ3) is 3.92. The molecule has 7 aromatic carbocycles. The summed E-state index contributed by atoms with van der Waals surface area (Å²) in [5.74, 6) is 1.30. The van der Waals surface area contributed by atoms with Crippen molar-refractivity contribution in [3.05, 3.63) is 158 Å². The number of aromatic nitrogens is 4. The lowest BCUT2D eigenvalue weighted by molar-refractivity contribution is 0.623. The molecule has 11 aromatic rings. The molecule has 0 saturated heterocycles. The van der Waals surface area contributed by atoms with Crippen LogP contribution in [-0.4, -0.2) is 19.4 Å². The smallest absolute Gasteiger partial charge is 0.227 e. The van der Waals surface area contributed by atoms with Crippen molar-refractivity contribution in [2.24, 2.45) is 0 Å². The molecule has 0 amide bonds. The lowest BCUT2D eigenvalue weighted by Crippen LogP contribution is -1.95. The number of rotatable bonds is 4. The van der Waals surface area contributed by atoms with Crippen LogP contribution in [0.15, 0.2) is 162 Å². The van der Waals surface area contributed by atoms with Crippen molar-refractivity contribution >= 4 is 60.1 Å². The fourth-order valence-electron chi connectivity index (χ4n) is 7.69. The van der Waals surface area contributed by atoms with Crippen molar-refractivity contribution in [3.63, 3.8) is 0 Å². The highest BCUT2D eigenvalue weighted by atomic mass is 16.3. The van der Waals surface area contributed by atoms with Crippen molar-refractivity contribution in [1.82, 2.24) is 19.4 Å². The fourth-order valence-corrected chi connectivity index (χ4v) is 7.69. The Morgan fingerprint density at radius 2 is 1.12 bits per heavy atom. The summed E-state index contributed by atoms with van der Waals surface area (Å²) < 4.78 is 9.01. The zero-order chi connectivity index (χ0) is 32.8. The maximum Gasteiger partial charge on any atom is 0.227 e. The molecule has 0 spiro atoms. The Morgan fingerprint density at radius 3 is 1.98 bits per heavy atom. The van der Waals surface area contributed by atoms with Gasteiger partial charge in [0.25, 0.3) is 0 Å². The second-order valence-corrected chi connectivity index (χ2v) is 12.8. The molecular weight excluding hydrogens is 613 g/mol. The van der Waals surface area contributed by atoms with E-state index < -0.39 is 0 Å². The topological polar surface area (TPSA) is 56.2 Å². The largest absolute Gasteiger partial charge is 0.435 e. The summed E-state index contributed by atoms with van der Waals surface area (Å²) in [7, 11) is 0. The van der Waals surface area contributed by atoms with Crippen LogP contribution in [0.2, 0.25) is 0 Å². The molecule has 4 heterocycles. The highest BCUT2D eigenvalue weighted by Crippen LogP contribution is 2.45. The first kappa shape index (κ1) is 27.1. The normalized spacial score (nSPS) is 12.0. The van der Waals surface area contributed by atoms with Crippen LogP contribution >= 0.6 is 0 Å². The van der Waals surface area contributed by atoms with Crippen LogP contribution in [0.5, 0.6) is 0 Å². The first-order chi connectivity index (χ1) is 24.8. The highest BCUT2D eigenvalue weighted by Gasteiger charge is 2.24. The SMILES string of the molecule is c1ccc(-c2cccc(-c3nc(-c4ccc5c(c4)c4c6oc(-c7ccccc7)nc6cc6c7ccccc7n5c64)nc4ccccc34)c2)cc1. The molecule has 0 atom stereocenters. The van der Waals surface area contributed by atoms with E-state index in [0.717, 1.165) is 82.7 Å². The lowest BCUT2D eigenvalue weighted by Gasteiger charge is -2.11. The Labute approximate surface area is 286 Å². The van der Waals surface area contributed by atoms with Gasteiger partial charge in [-0.25, -0.2) is 15.0 Å². The monoisotopic (exact) mass is 638 g/mol. The Morgan fingerprint density at radius 1 is 0.420 bits per heavy atom. The molecule has 4 aromatic heterocycles. The predicted octanol–water partition coefficient (Wildman–Crippen LogP) is 11.6. The van der Waals surface area contributed by atoms with Gasteiger partial charge in [0.15, 0.2) is 11.4 Å². The first-order valence-electron chi connectivity index (χ1n) is 16.8. The standard InChI is InChI=1S/C45H26N4O/c1-3-12-27(13-4-1)29-16-11-17-30(24-29)41-33-19-7-9-20-36(33)46-44(48-41)31-22-23-39-35(25-31)40-42-34(32-18-8-10-21-38(32)49(39)42)26-37-43(40)50-45(47-37)28-14-5-2-6-15-28/h1-26H. The summed E-state index contributed by atoms with van der Waals surface area (Å²) in [6.07, 6.45) is 0. The van der Waals surface area contributed by atoms with E-state index in [2.05, 4.69) is 120 Å². The number of oxazole rings is 1. The van der Waals surface area contributed by atoms with Crippen molar-refractivity contribution < 1.29 is 4.42 Å². The number of fused-ring (bicyclic) bond motifs is 9. The Balaban J connectivity index is 1.18. The van der Waals surface area contributed by atoms with Gasteiger partial charge in [0, 0.05) is 38.2 Å². The van der Waals surface area contributed by atoms with Gasteiger partial charge in [0.1, 0.15) is 5.52 Å². The van der Waals surface area contributed by atoms with Crippen molar-refractivity contribution in [3.8, 4) is 45.2 Å². The Hall–Kier alpha value is -6.85. The van der Waals surface area contributed by atoms with Gasteiger partial charge in [-0.1, -0.05) is 103 Å². The molecule has 11 rings (SSSR count). The van der Waals surface area contributed by atoms with Crippen LogP contribution < -0.4 is 0 Å². The molecule has 232 valence electrons. The molecule has 0 bridgehead atoms. The lowest BCUT2D eigenvalue weighted by atomic mass is 9.99. The average Bonchev–Trinajstić information content (AvgIpc) is 3.87. The number of hydrogen-bond acceptors (Lipinski definition) is 4. The number of para-hydroxylation sites is 2. The molecule has 0 aliphatic carbocycles. The summed E-state index contributed by atoms with van der Waals surface area (Å²) in [6, 6.07) is 54.8. The van der Waals surface area contributed by atoms with E-state index in [1.807, 2.05) is 42.5 Å². The minimum Gasteiger partial charge on any atom is -0.435 e. The summed E-state index contributed by atoms with van der Waals surface area (Å²) in [5.41, 5.74) is 12.1. The van der Waals surface area contributed by atoms with Gasteiger partial charge < -0.3 is 8.82 Å². The average molecular weight is 639 g/mol. The second kappa shape index (κ2) is 10.3. The molecule has 5 nitrogen and oxygen atoms in total. The van der Waals surface area contributed by atoms with E-state index >= 15 is 0 Å². The molecule has 0 radical (unpaired) electrons. The fraction of sp³-hybridized carbons (Fsp3) is 0. The zero-order valence-electron chi connectivity index (χ0n) is 26.7. The predicted molar refractivity (Wildman–Crippen MR) is 204 cm³/mol. The minimum absolute atomic E-state index is 0.616. The van der Waals surface area contributed by atoms with Crippen LogP contribution in [0.25, 0.3) is 105 Å². The quantitative estimate of drug-likeness (QED) is 0.192. The van der Waals surface area contributed by atoms with Gasteiger partial charge in [-0.2, -0.15) is 0 Å². The van der Waals surface area contributed by atoms with Gasteiger partial charge in [-0.05, 0) is 65.7 Å². The van der Waals surface area contributed by atoms with Gasteiger partial charge in [-0.3, -0.25) is 0 Å². The van der Waals surface area contributed by atoms with Gasteiger partial charge in [-0.15, -0.1) is 0 Å². The summed E-state index contributed by atoms with van der Waals surface area (Å²) in [6.45, 7) is 0. The van der Waals surface area contributed by atoms with Crippen molar-refractivity contribution in [2.45, 2.75) is 0 Å². The van der Waals surface area contributed by atoms with Crippen LogP contribution in [0.1, 0.15) is 0 Å². The number of benzene rings is 7. The maximum absolute atomic E-state index is 6.64. The van der Waals surface area contributed by atoms with Crippen LogP contribution in [0, 0.1) is 0 Å². The molecule has 50 heavy (non-hydrogen) atoms. The molecule has 0 aliphatic rings. The molecule has 5 heteroatoms. The van der Waals surface area contributed by atoms with Crippen molar-refractivity contribution in [1.29, 1.82) is 0 Å². The van der Waals surface area contributed by atoms with Crippen LogP contribution in [0.4, 0.5) is 0 Å². The molecular formula is C45H26N4O. The van der Waals surface area contributed by atoms with Gasteiger partial charge >= 0.3 is 0 Å². The zero-order valence-corrected chi connectivity index (χ0v) is 26.7. The number of hydrogen-bond donors (Lipinski definition) is 0. The third-order valence-electron chi connectivity index (χ3n) is 9.94. The minimum atomic E-state index is 0.616. The van der Waals surface area contributed by atoms with E-state index in [1.165, 1.54) is 10.9 Å². The maximum atomic E-state index is 6.64. The molecule has 0 saturated carbocycles. The molecule has 0 aliphatic heterocycles. The summed E-state index contributed by atoms with van der Waals surface area (Å²) in [4.78, 5) is 15.4. The van der Waals surface area contributed by atoms with E-state index in [1.54, 1.807) is 0 Å². The summed E-state index contributed by atoms with van der Waals surface area (Å²) >= 11 is 0. The second-order valence-electron chi connectivity index (χ2n) is 12.8. The van der Waals surface area contributed by atoms with Crippen LogP contribution in [-0.2, 0) is 0 Å². The highest BCUT2D eigenvalue weighted by molar-refractivity contribution is 6.30. The van der Waals surface area contributed by atoms with Crippen molar-refractivity contribution in [2.75, 3.05) is 0 Å². The molecule has 0 fully saturated rings. The van der Waals surface area contributed by atoms with E-state index in [0.29, 0.717) is 11.7 Å².